The summed E-state index contributed by atoms with van der Waals surface area (Å²) in [5, 5.41) is 12.7. The van der Waals surface area contributed by atoms with Crippen LogP contribution in [0.4, 0.5) is 16.2 Å². The van der Waals surface area contributed by atoms with E-state index < -0.39 is 6.09 Å². The van der Waals surface area contributed by atoms with Gasteiger partial charge in [-0.05, 0) is 53.6 Å². The molecular weight excluding hydrogens is 440 g/mol. The summed E-state index contributed by atoms with van der Waals surface area (Å²) in [5.41, 5.74) is 6.40. The number of aliphatic hydroxyl groups excluding tert-OH is 1. The molecule has 2 N–H and O–H groups in total. The van der Waals surface area contributed by atoms with Gasteiger partial charge in [-0.1, -0.05) is 55.5 Å². The fraction of sp³-hybridized carbons (Fsp3) is 0.345. The Kier molecular flexibility index (Phi) is 6.91. The van der Waals surface area contributed by atoms with E-state index in [1.807, 2.05) is 42.5 Å². The number of aliphatic hydroxyl groups is 1. The molecule has 1 amide bonds. The Bertz CT molecular complexity index is 1140. The Labute approximate surface area is 206 Å². The highest BCUT2D eigenvalue weighted by atomic mass is 16.5. The zero-order valence-electron chi connectivity index (χ0n) is 20.1. The molecule has 6 heteroatoms. The number of carbonyl (C=O) groups is 1. The van der Waals surface area contributed by atoms with Crippen LogP contribution in [0, 0.1) is 0 Å². The zero-order valence-corrected chi connectivity index (χ0v) is 20.1. The van der Waals surface area contributed by atoms with Crippen LogP contribution in [0.25, 0.3) is 11.1 Å². The number of amides is 1. The fourth-order valence-electron chi connectivity index (χ4n) is 5.01. The van der Waals surface area contributed by atoms with E-state index in [1.165, 1.54) is 22.3 Å². The van der Waals surface area contributed by atoms with Crippen molar-refractivity contribution in [3.05, 3.63) is 77.9 Å². The molecule has 0 atom stereocenters. The van der Waals surface area contributed by atoms with E-state index in [-0.39, 0.29) is 18.6 Å². The average Bonchev–Trinajstić information content (AvgIpc) is 3.21. The maximum Gasteiger partial charge on any atom is 0.411 e. The van der Waals surface area contributed by atoms with Gasteiger partial charge in [0, 0.05) is 30.8 Å². The van der Waals surface area contributed by atoms with Gasteiger partial charge in [-0.15, -0.1) is 0 Å². The maximum absolute atomic E-state index is 12.8. The summed E-state index contributed by atoms with van der Waals surface area (Å²) in [5.74, 6) is 0.643. The lowest BCUT2D eigenvalue weighted by atomic mass is 9.98. The molecule has 1 aliphatic heterocycles. The van der Waals surface area contributed by atoms with E-state index in [9.17, 15) is 9.90 Å². The Morgan fingerprint density at radius 2 is 1.66 bits per heavy atom. The lowest BCUT2D eigenvalue weighted by Crippen LogP contribution is -2.35. The van der Waals surface area contributed by atoms with Crippen LogP contribution in [0.3, 0.4) is 0 Å². The number of carbonyl (C=O) groups excluding carboxylic acids is 1. The van der Waals surface area contributed by atoms with Crippen molar-refractivity contribution in [1.29, 1.82) is 0 Å². The number of nitrogens with one attached hydrogen (secondary N) is 1. The summed E-state index contributed by atoms with van der Waals surface area (Å²) < 4.78 is 11.7. The van der Waals surface area contributed by atoms with Crippen LogP contribution < -0.4 is 15.0 Å². The van der Waals surface area contributed by atoms with E-state index in [4.69, 9.17) is 9.47 Å². The predicted octanol–water partition coefficient (Wildman–Crippen LogP) is 5.80. The van der Waals surface area contributed by atoms with E-state index >= 15 is 0 Å². The average molecular weight is 473 g/mol. The molecule has 2 aliphatic rings. The normalized spacial score (nSPS) is 15.4. The fourth-order valence-corrected chi connectivity index (χ4v) is 5.01. The minimum Gasteiger partial charge on any atom is -0.491 e. The number of benzene rings is 3. The largest absolute Gasteiger partial charge is 0.491 e. The first-order chi connectivity index (χ1) is 17.1. The van der Waals surface area contributed by atoms with Gasteiger partial charge in [0.1, 0.15) is 12.4 Å². The third kappa shape index (κ3) is 4.98. The van der Waals surface area contributed by atoms with Crippen molar-refractivity contribution >= 4 is 17.5 Å². The molecule has 5 rings (SSSR count). The Hall–Kier alpha value is -3.51. The summed E-state index contributed by atoms with van der Waals surface area (Å²) >= 11 is 0. The monoisotopic (exact) mass is 472 g/mol. The van der Waals surface area contributed by atoms with E-state index in [0.29, 0.717) is 18.0 Å². The SMILES string of the molecule is CCCOc1cc(N2CCC(O)CC2)ccc1NC(=O)OCC1c2ccccc2-c2ccccc21. The highest BCUT2D eigenvalue weighted by molar-refractivity contribution is 5.87. The third-order valence-electron chi connectivity index (χ3n) is 6.84. The molecular formula is C29H32N2O4. The van der Waals surface area contributed by atoms with Crippen LogP contribution in [0.15, 0.2) is 66.7 Å². The molecule has 0 unspecified atom stereocenters. The van der Waals surface area contributed by atoms with E-state index in [2.05, 4.69) is 41.4 Å². The first-order valence-corrected chi connectivity index (χ1v) is 12.5. The van der Waals surface area contributed by atoms with Crippen LogP contribution in [-0.4, -0.2) is 43.6 Å². The topological polar surface area (TPSA) is 71.0 Å². The molecule has 0 saturated carbocycles. The van der Waals surface area contributed by atoms with Gasteiger partial charge in [-0.25, -0.2) is 4.79 Å². The molecule has 35 heavy (non-hydrogen) atoms. The molecule has 1 aliphatic carbocycles. The van der Waals surface area contributed by atoms with Crippen molar-refractivity contribution in [2.45, 2.75) is 38.2 Å². The molecule has 182 valence electrons. The number of piperidine rings is 1. The smallest absolute Gasteiger partial charge is 0.411 e. The highest BCUT2D eigenvalue weighted by Gasteiger charge is 2.29. The lowest BCUT2D eigenvalue weighted by molar-refractivity contribution is 0.145. The molecule has 3 aromatic carbocycles. The summed E-state index contributed by atoms with van der Waals surface area (Å²) in [4.78, 5) is 15.1. The molecule has 0 bridgehead atoms. The number of fused-ring (bicyclic) bond motifs is 3. The summed E-state index contributed by atoms with van der Waals surface area (Å²) in [6.07, 6.45) is 1.65. The first-order valence-electron chi connectivity index (χ1n) is 12.5. The van der Waals surface area contributed by atoms with Crippen LogP contribution in [0.5, 0.6) is 5.75 Å². The molecule has 1 saturated heterocycles. The van der Waals surface area contributed by atoms with Crippen LogP contribution in [0.1, 0.15) is 43.2 Å². The van der Waals surface area contributed by atoms with Crippen molar-refractivity contribution in [2.75, 3.05) is 36.5 Å². The first kappa shape index (κ1) is 23.2. The van der Waals surface area contributed by atoms with Crippen molar-refractivity contribution < 1.29 is 19.4 Å². The second-order valence-corrected chi connectivity index (χ2v) is 9.20. The van der Waals surface area contributed by atoms with Gasteiger partial charge < -0.3 is 19.5 Å². The Morgan fingerprint density at radius 3 is 2.31 bits per heavy atom. The Balaban J connectivity index is 1.28. The number of ether oxygens (including phenoxy) is 2. The molecule has 1 heterocycles. The van der Waals surface area contributed by atoms with Gasteiger partial charge in [0.25, 0.3) is 0 Å². The van der Waals surface area contributed by atoms with Crippen molar-refractivity contribution in [3.8, 4) is 16.9 Å². The summed E-state index contributed by atoms with van der Waals surface area (Å²) in [6.45, 7) is 4.47. The minimum absolute atomic E-state index is 0.0146. The minimum atomic E-state index is -0.498. The number of nitrogens with zero attached hydrogens (tertiary/aromatic N) is 1. The standard InChI is InChI=1S/C29H32N2O4/c1-2-17-34-28-18-20(31-15-13-21(32)14-16-31)11-12-27(28)30-29(33)35-19-26-24-9-5-3-7-22(24)23-8-4-6-10-25(23)26/h3-12,18,21,26,32H,2,13-17,19H2,1H3,(H,30,33). The summed E-state index contributed by atoms with van der Waals surface area (Å²) in [6, 6.07) is 22.4. The highest BCUT2D eigenvalue weighted by Crippen LogP contribution is 2.44. The number of rotatable bonds is 7. The third-order valence-corrected chi connectivity index (χ3v) is 6.84. The Morgan fingerprint density at radius 1 is 1.00 bits per heavy atom. The predicted molar refractivity (Wildman–Crippen MR) is 138 cm³/mol. The zero-order chi connectivity index (χ0) is 24.2. The van der Waals surface area contributed by atoms with Gasteiger partial charge in [-0.2, -0.15) is 0 Å². The van der Waals surface area contributed by atoms with E-state index in [0.717, 1.165) is 38.0 Å². The number of hydrogen-bond donors (Lipinski definition) is 2. The molecule has 6 nitrogen and oxygen atoms in total. The molecule has 0 spiro atoms. The second-order valence-electron chi connectivity index (χ2n) is 9.20. The van der Waals surface area contributed by atoms with Gasteiger partial charge in [0.2, 0.25) is 0 Å². The van der Waals surface area contributed by atoms with Gasteiger partial charge >= 0.3 is 6.09 Å². The van der Waals surface area contributed by atoms with Crippen LogP contribution in [0.2, 0.25) is 0 Å². The van der Waals surface area contributed by atoms with Crippen molar-refractivity contribution in [1.82, 2.24) is 0 Å². The molecule has 3 aromatic rings. The molecule has 0 aromatic heterocycles. The summed E-state index contributed by atoms with van der Waals surface area (Å²) in [7, 11) is 0. The van der Waals surface area contributed by atoms with Gasteiger partial charge in [-0.3, -0.25) is 5.32 Å². The number of anilines is 2. The molecule has 0 radical (unpaired) electrons. The quantitative estimate of drug-likeness (QED) is 0.455. The number of hydrogen-bond acceptors (Lipinski definition) is 5. The van der Waals surface area contributed by atoms with Crippen LogP contribution in [-0.2, 0) is 4.74 Å². The maximum atomic E-state index is 12.8. The van der Waals surface area contributed by atoms with Crippen LogP contribution >= 0.6 is 0 Å². The molecule has 1 fully saturated rings. The van der Waals surface area contributed by atoms with Crippen molar-refractivity contribution in [3.63, 3.8) is 0 Å². The van der Waals surface area contributed by atoms with Gasteiger partial charge in [0.05, 0.1) is 18.4 Å². The van der Waals surface area contributed by atoms with E-state index in [1.54, 1.807) is 0 Å². The lowest BCUT2D eigenvalue weighted by Gasteiger charge is -2.32. The van der Waals surface area contributed by atoms with Gasteiger partial charge in [0.15, 0.2) is 0 Å². The second kappa shape index (κ2) is 10.4. The van der Waals surface area contributed by atoms with Crippen molar-refractivity contribution in [2.24, 2.45) is 0 Å².